The van der Waals surface area contributed by atoms with Gasteiger partial charge in [0.1, 0.15) is 5.75 Å². The molecule has 1 unspecified atom stereocenters. The van der Waals surface area contributed by atoms with E-state index in [0.29, 0.717) is 5.75 Å². The zero-order chi connectivity index (χ0) is 17.6. The Morgan fingerprint density at radius 1 is 1.08 bits per heavy atom. The van der Waals surface area contributed by atoms with Crippen LogP contribution in [-0.2, 0) is 13.1 Å². The highest BCUT2D eigenvalue weighted by atomic mass is 16.3. The molecule has 1 saturated heterocycles. The molecule has 1 heterocycles. The maximum absolute atomic E-state index is 9.67. The molecule has 0 aromatic heterocycles. The van der Waals surface area contributed by atoms with Gasteiger partial charge in [0.2, 0.25) is 0 Å². The van der Waals surface area contributed by atoms with E-state index < -0.39 is 0 Å². The number of benzene rings is 2. The number of hydrogen-bond acceptors (Lipinski definition) is 4. The van der Waals surface area contributed by atoms with Crippen LogP contribution in [0.1, 0.15) is 42.5 Å². The molecule has 0 spiro atoms. The smallest absolute Gasteiger partial charge is 0.115 e. The van der Waals surface area contributed by atoms with Gasteiger partial charge in [0.05, 0.1) is 6.10 Å². The lowest BCUT2D eigenvalue weighted by molar-refractivity contribution is 0.0791. The molecule has 1 aliphatic heterocycles. The summed E-state index contributed by atoms with van der Waals surface area (Å²) in [5.74, 6) is 0.304. The van der Waals surface area contributed by atoms with E-state index in [2.05, 4.69) is 41.4 Å². The van der Waals surface area contributed by atoms with Crippen molar-refractivity contribution in [3.05, 3.63) is 65.2 Å². The van der Waals surface area contributed by atoms with Gasteiger partial charge in [-0.05, 0) is 48.6 Å². The lowest BCUT2D eigenvalue weighted by Crippen LogP contribution is -2.35. The van der Waals surface area contributed by atoms with E-state index in [4.69, 9.17) is 0 Å². The number of phenols is 1. The lowest BCUT2D eigenvalue weighted by atomic mass is 10.0. The SMILES string of the molecule is CC(NCc1ccccc1CN1CCC(O)CC1)c1cccc(O)c1. The van der Waals surface area contributed by atoms with E-state index in [0.717, 1.165) is 44.6 Å². The molecule has 25 heavy (non-hydrogen) atoms. The monoisotopic (exact) mass is 340 g/mol. The number of likely N-dealkylation sites (tertiary alicyclic amines) is 1. The summed E-state index contributed by atoms with van der Waals surface area (Å²) in [6.45, 7) is 5.77. The van der Waals surface area contributed by atoms with Crippen LogP contribution in [0.15, 0.2) is 48.5 Å². The van der Waals surface area contributed by atoms with Crippen molar-refractivity contribution < 1.29 is 10.2 Å². The fourth-order valence-electron chi connectivity index (χ4n) is 3.38. The van der Waals surface area contributed by atoms with Crippen molar-refractivity contribution >= 4 is 0 Å². The first kappa shape index (κ1) is 17.9. The van der Waals surface area contributed by atoms with Crippen LogP contribution in [0.5, 0.6) is 5.75 Å². The minimum Gasteiger partial charge on any atom is -0.508 e. The number of hydrogen-bond donors (Lipinski definition) is 3. The quantitative estimate of drug-likeness (QED) is 0.756. The second-order valence-electron chi connectivity index (χ2n) is 6.97. The zero-order valence-corrected chi connectivity index (χ0v) is 14.9. The molecule has 2 aromatic rings. The lowest BCUT2D eigenvalue weighted by Gasteiger charge is -2.30. The predicted molar refractivity (Wildman–Crippen MR) is 100 cm³/mol. The molecule has 4 nitrogen and oxygen atoms in total. The molecule has 2 aromatic carbocycles. The second kappa shape index (κ2) is 8.48. The fraction of sp³-hybridized carbons (Fsp3) is 0.429. The fourth-order valence-corrected chi connectivity index (χ4v) is 3.38. The summed E-state index contributed by atoms with van der Waals surface area (Å²) in [7, 11) is 0. The summed E-state index contributed by atoms with van der Waals surface area (Å²) in [6.07, 6.45) is 1.61. The van der Waals surface area contributed by atoms with Gasteiger partial charge in [-0.3, -0.25) is 4.90 Å². The number of nitrogens with one attached hydrogen (secondary N) is 1. The largest absolute Gasteiger partial charge is 0.508 e. The summed E-state index contributed by atoms with van der Waals surface area (Å²) in [6, 6.07) is 16.1. The molecule has 134 valence electrons. The average Bonchev–Trinajstić information content (AvgIpc) is 2.62. The Balaban J connectivity index is 1.61. The normalized spacial score (nSPS) is 17.5. The Labute approximate surface area is 150 Å². The van der Waals surface area contributed by atoms with Crippen molar-refractivity contribution in [2.24, 2.45) is 0 Å². The Bertz CT molecular complexity index is 681. The van der Waals surface area contributed by atoms with Crippen molar-refractivity contribution in [3.8, 4) is 5.75 Å². The first-order chi connectivity index (χ1) is 12.1. The molecule has 0 saturated carbocycles. The van der Waals surface area contributed by atoms with Crippen molar-refractivity contribution in [3.63, 3.8) is 0 Å². The first-order valence-corrected chi connectivity index (χ1v) is 9.11. The van der Waals surface area contributed by atoms with Crippen LogP contribution in [0.3, 0.4) is 0 Å². The van der Waals surface area contributed by atoms with Gasteiger partial charge in [-0.2, -0.15) is 0 Å². The van der Waals surface area contributed by atoms with Crippen LogP contribution in [0, 0.1) is 0 Å². The third-order valence-corrected chi connectivity index (χ3v) is 5.04. The van der Waals surface area contributed by atoms with Gasteiger partial charge in [0.15, 0.2) is 0 Å². The Morgan fingerprint density at radius 2 is 1.80 bits per heavy atom. The van der Waals surface area contributed by atoms with Gasteiger partial charge >= 0.3 is 0 Å². The molecule has 0 radical (unpaired) electrons. The minimum absolute atomic E-state index is 0.128. The summed E-state index contributed by atoms with van der Waals surface area (Å²) in [4.78, 5) is 2.42. The highest BCUT2D eigenvalue weighted by Crippen LogP contribution is 2.20. The van der Waals surface area contributed by atoms with Gasteiger partial charge in [-0.1, -0.05) is 36.4 Å². The van der Waals surface area contributed by atoms with Gasteiger partial charge in [-0.25, -0.2) is 0 Å². The first-order valence-electron chi connectivity index (χ1n) is 9.11. The number of aromatic hydroxyl groups is 1. The number of aliphatic hydroxyl groups excluding tert-OH is 1. The maximum atomic E-state index is 9.67. The molecular weight excluding hydrogens is 312 g/mol. The number of aliphatic hydroxyl groups is 1. The van der Waals surface area contributed by atoms with Crippen molar-refractivity contribution in [2.45, 2.75) is 45.0 Å². The van der Waals surface area contributed by atoms with E-state index in [9.17, 15) is 10.2 Å². The highest BCUT2D eigenvalue weighted by molar-refractivity contribution is 5.30. The molecular formula is C21H28N2O2. The van der Waals surface area contributed by atoms with E-state index in [1.54, 1.807) is 6.07 Å². The molecule has 3 rings (SSSR count). The van der Waals surface area contributed by atoms with E-state index in [1.165, 1.54) is 11.1 Å². The van der Waals surface area contributed by atoms with Crippen molar-refractivity contribution in [1.82, 2.24) is 10.2 Å². The summed E-state index contributed by atoms with van der Waals surface area (Å²) >= 11 is 0. The van der Waals surface area contributed by atoms with Crippen LogP contribution in [0.4, 0.5) is 0 Å². The van der Waals surface area contributed by atoms with E-state index in [1.807, 2.05) is 18.2 Å². The molecule has 4 heteroatoms. The Kier molecular flexibility index (Phi) is 6.08. The summed E-state index contributed by atoms with van der Waals surface area (Å²) in [5, 5.41) is 22.9. The van der Waals surface area contributed by atoms with Crippen LogP contribution >= 0.6 is 0 Å². The number of phenolic OH excluding ortho intramolecular Hbond substituents is 1. The third-order valence-electron chi connectivity index (χ3n) is 5.04. The van der Waals surface area contributed by atoms with Crippen LogP contribution in [0.2, 0.25) is 0 Å². The van der Waals surface area contributed by atoms with Crippen molar-refractivity contribution in [2.75, 3.05) is 13.1 Å². The molecule has 0 aliphatic carbocycles. The van der Waals surface area contributed by atoms with Crippen LogP contribution in [0.25, 0.3) is 0 Å². The average molecular weight is 340 g/mol. The molecule has 1 fully saturated rings. The molecule has 0 bridgehead atoms. The van der Waals surface area contributed by atoms with Crippen LogP contribution < -0.4 is 5.32 Å². The minimum atomic E-state index is -0.128. The molecule has 1 atom stereocenters. The number of nitrogens with zero attached hydrogens (tertiary/aromatic N) is 1. The standard InChI is InChI=1S/C21H28N2O2/c1-16(17-7-4-8-21(25)13-17)22-14-18-5-2-3-6-19(18)15-23-11-9-20(24)10-12-23/h2-8,13,16,20,22,24-25H,9-12,14-15H2,1H3. The van der Waals surface area contributed by atoms with Crippen LogP contribution in [-0.4, -0.2) is 34.3 Å². The highest BCUT2D eigenvalue weighted by Gasteiger charge is 2.18. The molecule has 3 N–H and O–H groups in total. The van der Waals surface area contributed by atoms with Crippen molar-refractivity contribution in [1.29, 1.82) is 0 Å². The Morgan fingerprint density at radius 3 is 2.52 bits per heavy atom. The molecule has 0 amide bonds. The van der Waals surface area contributed by atoms with Gasteiger partial charge < -0.3 is 15.5 Å². The second-order valence-corrected chi connectivity index (χ2v) is 6.97. The van der Waals surface area contributed by atoms with E-state index >= 15 is 0 Å². The van der Waals surface area contributed by atoms with Gasteiger partial charge in [0, 0.05) is 32.2 Å². The maximum Gasteiger partial charge on any atom is 0.115 e. The van der Waals surface area contributed by atoms with Gasteiger partial charge in [0.25, 0.3) is 0 Å². The zero-order valence-electron chi connectivity index (χ0n) is 14.9. The summed E-state index contributed by atoms with van der Waals surface area (Å²) in [5.41, 5.74) is 3.73. The number of piperidine rings is 1. The van der Waals surface area contributed by atoms with Gasteiger partial charge in [-0.15, -0.1) is 0 Å². The predicted octanol–water partition coefficient (Wildman–Crippen LogP) is 3.20. The topological polar surface area (TPSA) is 55.7 Å². The summed E-state index contributed by atoms with van der Waals surface area (Å²) < 4.78 is 0. The third kappa shape index (κ3) is 5.05. The number of rotatable bonds is 6. The van der Waals surface area contributed by atoms with E-state index in [-0.39, 0.29) is 12.1 Å². The Hall–Kier alpha value is -1.88. The molecule has 1 aliphatic rings.